The molecule has 24 heavy (non-hydrogen) atoms. The molecule has 1 aromatic heterocycles. The Morgan fingerprint density at radius 1 is 1.33 bits per heavy atom. The number of piperidine rings is 1. The Balaban J connectivity index is 1.70. The predicted molar refractivity (Wildman–Crippen MR) is 84.3 cm³/mol. The van der Waals surface area contributed by atoms with Crippen LogP contribution in [0, 0.1) is 18.6 Å². The summed E-state index contributed by atoms with van der Waals surface area (Å²) in [5.41, 5.74) is 0.120. The molecule has 5 nitrogen and oxygen atoms in total. The van der Waals surface area contributed by atoms with E-state index >= 15 is 0 Å². The number of amides is 1. The summed E-state index contributed by atoms with van der Waals surface area (Å²) in [5, 5.41) is 2.60. The van der Waals surface area contributed by atoms with Crippen LogP contribution in [0.1, 0.15) is 30.9 Å². The van der Waals surface area contributed by atoms with Crippen LogP contribution < -0.4 is 5.32 Å². The Kier molecular flexibility index (Phi) is 4.89. The lowest BCUT2D eigenvalue weighted by molar-refractivity contribution is -0.122. The van der Waals surface area contributed by atoms with Gasteiger partial charge in [-0.15, -0.1) is 0 Å². The minimum Gasteiger partial charge on any atom is -0.445 e. The maximum Gasteiger partial charge on any atom is 0.241 e. The molecule has 0 aliphatic carbocycles. The van der Waals surface area contributed by atoms with Crippen molar-refractivity contribution in [3.05, 3.63) is 47.7 Å². The highest BCUT2D eigenvalue weighted by Crippen LogP contribution is 2.22. The van der Waals surface area contributed by atoms with Crippen LogP contribution in [0.4, 0.5) is 14.5 Å². The molecule has 0 unspecified atom stereocenters. The number of likely N-dealkylation sites (tertiary alicyclic amines) is 1. The SMILES string of the molecule is Cc1cnc(CN2CCCC[C@H]2C(=O)Nc2cc(F)cc(F)c2)o1. The van der Waals surface area contributed by atoms with Crippen LogP contribution in [0.15, 0.2) is 28.8 Å². The van der Waals surface area contributed by atoms with Crippen molar-refractivity contribution >= 4 is 11.6 Å². The molecular formula is C17H19F2N3O2. The third kappa shape index (κ3) is 3.97. The molecule has 7 heteroatoms. The van der Waals surface area contributed by atoms with Gasteiger partial charge in [-0.3, -0.25) is 9.69 Å². The molecule has 3 rings (SSSR count). The minimum atomic E-state index is -0.721. The van der Waals surface area contributed by atoms with E-state index in [1.54, 1.807) is 6.20 Å². The molecule has 1 N–H and O–H groups in total. The number of aryl methyl sites for hydroxylation is 1. The van der Waals surface area contributed by atoms with E-state index in [1.807, 2.05) is 11.8 Å². The Bertz CT molecular complexity index is 712. The fourth-order valence-electron chi connectivity index (χ4n) is 2.98. The predicted octanol–water partition coefficient (Wildman–Crippen LogP) is 3.25. The van der Waals surface area contributed by atoms with Gasteiger partial charge in [0.1, 0.15) is 17.4 Å². The topological polar surface area (TPSA) is 58.4 Å². The highest BCUT2D eigenvalue weighted by Gasteiger charge is 2.29. The first-order valence-corrected chi connectivity index (χ1v) is 7.93. The van der Waals surface area contributed by atoms with Gasteiger partial charge in [0.2, 0.25) is 11.8 Å². The Morgan fingerprint density at radius 3 is 2.75 bits per heavy atom. The number of rotatable bonds is 4. The Hall–Kier alpha value is -2.28. The van der Waals surface area contributed by atoms with Crippen molar-refractivity contribution in [1.29, 1.82) is 0 Å². The van der Waals surface area contributed by atoms with Crippen molar-refractivity contribution in [2.45, 2.75) is 38.8 Å². The number of hydrogen-bond donors (Lipinski definition) is 1. The van der Waals surface area contributed by atoms with Gasteiger partial charge in [-0.1, -0.05) is 6.42 Å². The number of hydrogen-bond acceptors (Lipinski definition) is 4. The van der Waals surface area contributed by atoms with Crippen LogP contribution >= 0.6 is 0 Å². The number of anilines is 1. The Morgan fingerprint density at radius 2 is 2.08 bits per heavy atom. The van der Waals surface area contributed by atoms with Crippen molar-refractivity contribution in [2.75, 3.05) is 11.9 Å². The molecule has 1 aliphatic rings. The normalized spacial score (nSPS) is 18.5. The molecule has 128 valence electrons. The zero-order valence-corrected chi connectivity index (χ0v) is 13.4. The van der Waals surface area contributed by atoms with E-state index in [0.29, 0.717) is 18.9 Å². The summed E-state index contributed by atoms with van der Waals surface area (Å²) in [6.45, 7) is 3.00. The molecule has 0 bridgehead atoms. The second-order valence-electron chi connectivity index (χ2n) is 5.99. The molecule has 0 spiro atoms. The van der Waals surface area contributed by atoms with Crippen molar-refractivity contribution in [3.63, 3.8) is 0 Å². The summed E-state index contributed by atoms with van der Waals surface area (Å²) in [4.78, 5) is 18.7. The second kappa shape index (κ2) is 7.09. The maximum absolute atomic E-state index is 13.3. The largest absolute Gasteiger partial charge is 0.445 e. The van der Waals surface area contributed by atoms with Gasteiger partial charge in [0, 0.05) is 11.8 Å². The van der Waals surface area contributed by atoms with Crippen molar-refractivity contribution in [1.82, 2.24) is 9.88 Å². The van der Waals surface area contributed by atoms with E-state index in [9.17, 15) is 13.6 Å². The van der Waals surface area contributed by atoms with Gasteiger partial charge in [0.15, 0.2) is 0 Å². The van der Waals surface area contributed by atoms with Crippen molar-refractivity contribution < 1.29 is 18.0 Å². The standard InChI is InChI=1S/C17H19F2N3O2/c1-11-9-20-16(24-11)10-22-5-3-2-4-15(22)17(23)21-14-7-12(18)6-13(19)8-14/h6-9,15H,2-5,10H2,1H3,(H,21,23)/t15-/m0/s1. The first-order valence-electron chi connectivity index (χ1n) is 7.93. The number of carbonyl (C=O) groups excluding carboxylic acids is 1. The lowest BCUT2D eigenvalue weighted by Crippen LogP contribution is -2.46. The average molecular weight is 335 g/mol. The van der Waals surface area contributed by atoms with E-state index in [1.165, 1.54) is 0 Å². The number of nitrogens with one attached hydrogen (secondary N) is 1. The third-order valence-electron chi connectivity index (χ3n) is 4.05. The quantitative estimate of drug-likeness (QED) is 0.932. The maximum atomic E-state index is 13.3. The molecule has 1 fully saturated rings. The lowest BCUT2D eigenvalue weighted by Gasteiger charge is -2.33. The van der Waals surface area contributed by atoms with Crippen molar-refractivity contribution in [3.8, 4) is 0 Å². The van der Waals surface area contributed by atoms with E-state index in [2.05, 4.69) is 10.3 Å². The molecule has 1 saturated heterocycles. The molecule has 1 atom stereocenters. The molecule has 1 amide bonds. The summed E-state index contributed by atoms with van der Waals surface area (Å²) >= 11 is 0. The lowest BCUT2D eigenvalue weighted by atomic mass is 10.0. The van der Waals surface area contributed by atoms with Gasteiger partial charge >= 0.3 is 0 Å². The number of nitrogens with zero attached hydrogens (tertiary/aromatic N) is 2. The highest BCUT2D eigenvalue weighted by molar-refractivity contribution is 5.94. The fourth-order valence-corrected chi connectivity index (χ4v) is 2.98. The van der Waals surface area contributed by atoms with Crippen LogP contribution in [0.5, 0.6) is 0 Å². The minimum absolute atomic E-state index is 0.120. The van der Waals surface area contributed by atoms with Gasteiger partial charge in [-0.05, 0) is 38.4 Å². The molecule has 2 aromatic rings. The molecule has 1 aliphatic heterocycles. The first-order chi connectivity index (χ1) is 11.5. The molecule has 2 heterocycles. The van der Waals surface area contributed by atoms with E-state index in [0.717, 1.165) is 43.3 Å². The number of benzene rings is 1. The molecule has 0 radical (unpaired) electrons. The van der Waals surface area contributed by atoms with E-state index in [4.69, 9.17) is 4.42 Å². The highest BCUT2D eigenvalue weighted by atomic mass is 19.1. The van der Waals surface area contributed by atoms with Crippen molar-refractivity contribution in [2.24, 2.45) is 0 Å². The van der Waals surface area contributed by atoms with Gasteiger partial charge in [0.25, 0.3) is 0 Å². The summed E-state index contributed by atoms with van der Waals surface area (Å²) in [5.74, 6) is -0.438. The Labute approximate surface area is 138 Å². The number of oxazole rings is 1. The van der Waals surface area contributed by atoms with E-state index in [-0.39, 0.29) is 17.6 Å². The van der Waals surface area contributed by atoms with Crippen LogP contribution in [-0.4, -0.2) is 28.4 Å². The molecule has 0 saturated carbocycles. The zero-order valence-electron chi connectivity index (χ0n) is 13.4. The van der Waals surface area contributed by atoms with Crippen LogP contribution in [0.3, 0.4) is 0 Å². The van der Waals surface area contributed by atoms with Crippen LogP contribution in [0.2, 0.25) is 0 Å². The summed E-state index contributed by atoms with van der Waals surface area (Å²) in [7, 11) is 0. The second-order valence-corrected chi connectivity index (χ2v) is 5.99. The summed E-state index contributed by atoms with van der Waals surface area (Å²) < 4.78 is 32.0. The molecule has 1 aromatic carbocycles. The number of carbonyl (C=O) groups is 1. The number of aromatic nitrogens is 1. The molecular weight excluding hydrogens is 316 g/mol. The smallest absolute Gasteiger partial charge is 0.241 e. The third-order valence-corrected chi connectivity index (χ3v) is 4.05. The zero-order chi connectivity index (χ0) is 17.1. The monoisotopic (exact) mass is 335 g/mol. The van der Waals surface area contributed by atoms with Crippen LogP contribution in [-0.2, 0) is 11.3 Å². The summed E-state index contributed by atoms with van der Waals surface area (Å²) in [6, 6.07) is 2.60. The number of halogens is 2. The average Bonchev–Trinajstić information content (AvgIpc) is 2.92. The van der Waals surface area contributed by atoms with Gasteiger partial charge in [-0.25, -0.2) is 13.8 Å². The van der Waals surface area contributed by atoms with Gasteiger partial charge in [0.05, 0.1) is 18.8 Å². The summed E-state index contributed by atoms with van der Waals surface area (Å²) in [6.07, 6.45) is 4.24. The first kappa shape index (κ1) is 16.6. The van der Waals surface area contributed by atoms with Gasteiger partial charge < -0.3 is 9.73 Å². The van der Waals surface area contributed by atoms with Gasteiger partial charge in [-0.2, -0.15) is 0 Å². The fraction of sp³-hybridized carbons (Fsp3) is 0.412. The van der Waals surface area contributed by atoms with E-state index < -0.39 is 11.6 Å². The van der Waals surface area contributed by atoms with Crippen LogP contribution in [0.25, 0.3) is 0 Å².